The average Bonchev–Trinajstić information content (AvgIpc) is 2.53. The molecule has 3 nitrogen and oxygen atoms in total. The van der Waals surface area contributed by atoms with E-state index >= 15 is 0 Å². The average molecular weight is 286 g/mol. The summed E-state index contributed by atoms with van der Waals surface area (Å²) in [5, 5.41) is 0. The standard InChI is InChI=1S/C17H19FN2O/c1-20(16-5-3-2-4-15(16)18)13-6-7-14-12(11-19)8-9-21-17(14)10-13/h2-7,10,12H,8-9,11,19H2,1H3/t12-/m0/s1. The van der Waals surface area contributed by atoms with Gasteiger partial charge in [-0.05, 0) is 36.7 Å². The summed E-state index contributed by atoms with van der Waals surface area (Å²) < 4.78 is 19.6. The van der Waals surface area contributed by atoms with Gasteiger partial charge in [-0.2, -0.15) is 0 Å². The van der Waals surface area contributed by atoms with Crippen molar-refractivity contribution in [2.24, 2.45) is 5.73 Å². The minimum absolute atomic E-state index is 0.238. The molecule has 0 saturated carbocycles. The van der Waals surface area contributed by atoms with Crippen LogP contribution in [-0.2, 0) is 0 Å². The normalized spacial score (nSPS) is 17.0. The molecule has 0 radical (unpaired) electrons. The quantitative estimate of drug-likeness (QED) is 0.939. The van der Waals surface area contributed by atoms with Gasteiger partial charge in [0, 0.05) is 24.7 Å². The lowest BCUT2D eigenvalue weighted by molar-refractivity contribution is 0.269. The first kappa shape index (κ1) is 13.9. The van der Waals surface area contributed by atoms with Crippen molar-refractivity contribution in [3.8, 4) is 5.75 Å². The van der Waals surface area contributed by atoms with Crippen LogP contribution < -0.4 is 15.4 Å². The molecule has 0 amide bonds. The van der Waals surface area contributed by atoms with Gasteiger partial charge in [0.1, 0.15) is 11.6 Å². The van der Waals surface area contributed by atoms with Crippen LogP contribution in [0.1, 0.15) is 17.9 Å². The SMILES string of the molecule is CN(c1ccc2c(c1)OCC[C@H]2CN)c1ccccc1F. The van der Waals surface area contributed by atoms with Crippen LogP contribution in [0, 0.1) is 5.82 Å². The van der Waals surface area contributed by atoms with Crippen molar-refractivity contribution < 1.29 is 9.13 Å². The molecule has 0 unspecified atom stereocenters. The number of rotatable bonds is 3. The third kappa shape index (κ3) is 2.59. The molecule has 1 aliphatic heterocycles. The van der Waals surface area contributed by atoms with Gasteiger partial charge in [0.25, 0.3) is 0 Å². The Bertz CT molecular complexity index is 644. The zero-order valence-electron chi connectivity index (χ0n) is 12.1. The van der Waals surface area contributed by atoms with Crippen molar-refractivity contribution in [3.63, 3.8) is 0 Å². The number of hydrogen-bond acceptors (Lipinski definition) is 3. The first-order chi connectivity index (χ1) is 10.2. The maximum absolute atomic E-state index is 13.9. The Labute approximate surface area is 124 Å². The maximum atomic E-state index is 13.9. The summed E-state index contributed by atoms with van der Waals surface area (Å²) in [6.45, 7) is 1.31. The molecule has 0 fully saturated rings. The van der Waals surface area contributed by atoms with Gasteiger partial charge in [-0.1, -0.05) is 18.2 Å². The Hall–Kier alpha value is -2.07. The Morgan fingerprint density at radius 2 is 2.10 bits per heavy atom. The number of halogens is 1. The molecule has 0 saturated heterocycles. The van der Waals surface area contributed by atoms with Crippen LogP contribution in [0.3, 0.4) is 0 Å². The second-order valence-corrected chi connectivity index (χ2v) is 5.30. The van der Waals surface area contributed by atoms with E-state index in [-0.39, 0.29) is 5.82 Å². The topological polar surface area (TPSA) is 38.5 Å². The number of anilines is 2. The molecule has 1 atom stereocenters. The van der Waals surface area contributed by atoms with E-state index in [9.17, 15) is 4.39 Å². The number of nitrogens with two attached hydrogens (primary N) is 1. The van der Waals surface area contributed by atoms with E-state index in [1.54, 1.807) is 12.1 Å². The van der Waals surface area contributed by atoms with Crippen molar-refractivity contribution in [1.82, 2.24) is 0 Å². The van der Waals surface area contributed by atoms with Crippen molar-refractivity contribution in [3.05, 3.63) is 53.8 Å². The highest BCUT2D eigenvalue weighted by Crippen LogP contribution is 2.37. The molecule has 2 aromatic rings. The lowest BCUT2D eigenvalue weighted by atomic mass is 9.93. The molecule has 21 heavy (non-hydrogen) atoms. The van der Waals surface area contributed by atoms with Crippen molar-refractivity contribution in [2.75, 3.05) is 25.1 Å². The lowest BCUT2D eigenvalue weighted by Gasteiger charge is -2.27. The van der Waals surface area contributed by atoms with Crippen molar-refractivity contribution in [2.45, 2.75) is 12.3 Å². The van der Waals surface area contributed by atoms with Gasteiger partial charge in [0.05, 0.1) is 12.3 Å². The minimum Gasteiger partial charge on any atom is -0.493 e. The van der Waals surface area contributed by atoms with Gasteiger partial charge >= 0.3 is 0 Å². The van der Waals surface area contributed by atoms with Crippen molar-refractivity contribution in [1.29, 1.82) is 0 Å². The predicted octanol–water partition coefficient (Wildman–Crippen LogP) is 3.42. The number of benzene rings is 2. The molecule has 1 heterocycles. The summed E-state index contributed by atoms with van der Waals surface area (Å²) in [6, 6.07) is 12.7. The van der Waals surface area contributed by atoms with Gasteiger partial charge in [-0.25, -0.2) is 4.39 Å². The van der Waals surface area contributed by atoms with E-state index in [1.807, 2.05) is 36.2 Å². The minimum atomic E-state index is -0.238. The summed E-state index contributed by atoms with van der Waals surface area (Å²) in [7, 11) is 1.85. The Balaban J connectivity index is 1.95. The van der Waals surface area contributed by atoms with Crippen LogP contribution in [-0.4, -0.2) is 20.2 Å². The largest absolute Gasteiger partial charge is 0.493 e. The monoisotopic (exact) mass is 286 g/mol. The zero-order valence-corrected chi connectivity index (χ0v) is 12.1. The zero-order chi connectivity index (χ0) is 14.8. The van der Waals surface area contributed by atoms with E-state index in [2.05, 4.69) is 0 Å². The number of para-hydroxylation sites is 1. The van der Waals surface area contributed by atoms with Crippen LogP contribution in [0.4, 0.5) is 15.8 Å². The molecule has 0 spiro atoms. The summed E-state index contributed by atoms with van der Waals surface area (Å²) >= 11 is 0. The van der Waals surface area contributed by atoms with Crippen LogP contribution >= 0.6 is 0 Å². The van der Waals surface area contributed by atoms with Crippen molar-refractivity contribution >= 4 is 11.4 Å². The van der Waals surface area contributed by atoms with Crippen LogP contribution in [0.15, 0.2) is 42.5 Å². The van der Waals surface area contributed by atoms with Crippen LogP contribution in [0.5, 0.6) is 5.75 Å². The van der Waals surface area contributed by atoms with E-state index in [0.717, 1.165) is 23.4 Å². The van der Waals surface area contributed by atoms with E-state index in [1.165, 1.54) is 6.07 Å². The third-order valence-electron chi connectivity index (χ3n) is 4.05. The number of ether oxygens (including phenoxy) is 1. The van der Waals surface area contributed by atoms with E-state index in [4.69, 9.17) is 10.5 Å². The fraction of sp³-hybridized carbons (Fsp3) is 0.294. The number of fused-ring (bicyclic) bond motifs is 1. The predicted molar refractivity (Wildman–Crippen MR) is 82.8 cm³/mol. The van der Waals surface area contributed by atoms with Crippen LogP contribution in [0.2, 0.25) is 0 Å². The molecule has 4 heteroatoms. The van der Waals surface area contributed by atoms with Gasteiger partial charge in [-0.15, -0.1) is 0 Å². The summed E-state index contributed by atoms with van der Waals surface area (Å²) in [5.41, 5.74) is 8.40. The second kappa shape index (κ2) is 5.74. The highest BCUT2D eigenvalue weighted by molar-refractivity contribution is 5.65. The van der Waals surface area contributed by atoms with E-state index in [0.29, 0.717) is 24.8 Å². The highest BCUT2D eigenvalue weighted by Gasteiger charge is 2.21. The van der Waals surface area contributed by atoms with Crippen LogP contribution in [0.25, 0.3) is 0 Å². The van der Waals surface area contributed by atoms with Gasteiger partial charge in [0.15, 0.2) is 0 Å². The molecule has 0 aliphatic carbocycles. The van der Waals surface area contributed by atoms with Gasteiger partial charge < -0.3 is 15.4 Å². The first-order valence-electron chi connectivity index (χ1n) is 7.16. The molecule has 0 bridgehead atoms. The van der Waals surface area contributed by atoms with Gasteiger partial charge in [-0.3, -0.25) is 0 Å². The summed E-state index contributed by atoms with van der Waals surface area (Å²) in [4.78, 5) is 1.82. The maximum Gasteiger partial charge on any atom is 0.146 e. The molecule has 110 valence electrons. The number of hydrogen-bond donors (Lipinski definition) is 1. The fourth-order valence-corrected chi connectivity index (χ4v) is 2.77. The Kier molecular flexibility index (Phi) is 3.80. The highest BCUT2D eigenvalue weighted by atomic mass is 19.1. The van der Waals surface area contributed by atoms with Gasteiger partial charge in [0.2, 0.25) is 0 Å². The molecular formula is C17H19FN2O. The molecule has 0 aromatic heterocycles. The number of nitrogens with zero attached hydrogens (tertiary/aromatic N) is 1. The second-order valence-electron chi connectivity index (χ2n) is 5.30. The third-order valence-corrected chi connectivity index (χ3v) is 4.05. The fourth-order valence-electron chi connectivity index (χ4n) is 2.77. The first-order valence-corrected chi connectivity index (χ1v) is 7.16. The van der Waals surface area contributed by atoms with E-state index < -0.39 is 0 Å². The Morgan fingerprint density at radius 3 is 2.86 bits per heavy atom. The Morgan fingerprint density at radius 1 is 1.29 bits per heavy atom. The molecular weight excluding hydrogens is 267 g/mol. The summed E-state index contributed by atoms with van der Waals surface area (Å²) in [6.07, 6.45) is 0.950. The lowest BCUT2D eigenvalue weighted by Crippen LogP contribution is -2.21. The molecule has 3 rings (SSSR count). The summed E-state index contributed by atoms with van der Waals surface area (Å²) in [5.74, 6) is 0.970. The molecule has 1 aliphatic rings. The molecule has 2 N–H and O–H groups in total. The smallest absolute Gasteiger partial charge is 0.146 e. The molecule has 2 aromatic carbocycles.